The summed E-state index contributed by atoms with van der Waals surface area (Å²) in [6.45, 7) is 0. The average Bonchev–Trinajstić information content (AvgIpc) is 3.24. The number of fused-ring (bicyclic) bond motifs is 1. The number of nitrogens with zero attached hydrogens (tertiary/aromatic N) is 1. The summed E-state index contributed by atoms with van der Waals surface area (Å²) in [5.74, 6) is -1.14. The Morgan fingerprint density at radius 2 is 1.73 bits per heavy atom. The summed E-state index contributed by atoms with van der Waals surface area (Å²) < 4.78 is 33.2. The maximum absolute atomic E-state index is 13.1. The minimum atomic E-state index is -3.90. The Labute approximate surface area is 197 Å². The molecule has 0 radical (unpaired) electrons. The molecule has 33 heavy (non-hydrogen) atoms. The monoisotopic (exact) mass is 528 g/mol. The van der Waals surface area contributed by atoms with Gasteiger partial charge in [-0.1, -0.05) is 15.9 Å². The maximum atomic E-state index is 13.1. The van der Waals surface area contributed by atoms with E-state index in [-0.39, 0.29) is 21.7 Å². The van der Waals surface area contributed by atoms with Gasteiger partial charge in [0.2, 0.25) is 0 Å². The first-order valence-corrected chi connectivity index (χ1v) is 11.8. The number of carbonyl (C=O) groups is 2. The second kappa shape index (κ2) is 8.72. The number of hydrogen-bond acceptors (Lipinski definition) is 5. The Bertz CT molecular complexity index is 1490. The van der Waals surface area contributed by atoms with Crippen LogP contribution in [0.2, 0.25) is 0 Å². The highest BCUT2D eigenvalue weighted by molar-refractivity contribution is 9.10. The van der Waals surface area contributed by atoms with E-state index in [0.717, 1.165) is 3.97 Å². The molecule has 0 saturated carbocycles. The van der Waals surface area contributed by atoms with Gasteiger partial charge in [-0.2, -0.15) is 0 Å². The molecule has 0 aliphatic rings. The molecule has 10 heteroatoms. The van der Waals surface area contributed by atoms with Gasteiger partial charge < -0.3 is 15.2 Å². The number of methoxy groups -OCH3 is 1. The van der Waals surface area contributed by atoms with Crippen LogP contribution in [0.4, 0.5) is 5.69 Å². The van der Waals surface area contributed by atoms with E-state index in [1.54, 1.807) is 30.3 Å². The van der Waals surface area contributed by atoms with E-state index in [9.17, 15) is 23.1 Å². The average molecular weight is 529 g/mol. The van der Waals surface area contributed by atoms with Crippen LogP contribution in [-0.4, -0.2) is 36.5 Å². The van der Waals surface area contributed by atoms with Gasteiger partial charge in [-0.15, -0.1) is 0 Å². The molecule has 1 aromatic heterocycles. The molecule has 168 valence electrons. The highest BCUT2D eigenvalue weighted by atomic mass is 79.9. The molecule has 8 nitrogen and oxygen atoms in total. The lowest BCUT2D eigenvalue weighted by Gasteiger charge is -2.11. The number of aromatic nitrogens is 1. The Morgan fingerprint density at radius 3 is 2.39 bits per heavy atom. The van der Waals surface area contributed by atoms with Crippen LogP contribution in [0.3, 0.4) is 0 Å². The fraction of sp³-hybridized carbons (Fsp3) is 0.0435. The summed E-state index contributed by atoms with van der Waals surface area (Å²) in [5.41, 5.74) is 0.721. The zero-order valence-electron chi connectivity index (χ0n) is 17.2. The molecule has 0 bridgehead atoms. The molecule has 3 aromatic carbocycles. The SMILES string of the molecule is COc1ccc2c(ccn2S(=O)(=O)c2ccc(C(=O)Nc3ccc(Br)cc3C(=O)O)cc2)c1. The van der Waals surface area contributed by atoms with Crippen molar-refractivity contribution in [1.82, 2.24) is 3.97 Å². The van der Waals surface area contributed by atoms with Gasteiger partial charge in [0.05, 0.1) is 28.8 Å². The first kappa shape index (κ1) is 22.6. The van der Waals surface area contributed by atoms with Gasteiger partial charge >= 0.3 is 5.97 Å². The molecule has 1 amide bonds. The molecule has 0 aliphatic heterocycles. The molecule has 2 N–H and O–H groups in total. The molecular formula is C23H17BrN2O6S. The second-order valence-electron chi connectivity index (χ2n) is 7.01. The van der Waals surface area contributed by atoms with Crippen molar-refractivity contribution >= 4 is 54.4 Å². The predicted octanol–water partition coefficient (Wildman–Crippen LogP) is 4.60. The van der Waals surface area contributed by atoms with Crippen molar-refractivity contribution in [2.45, 2.75) is 4.90 Å². The van der Waals surface area contributed by atoms with E-state index < -0.39 is 21.9 Å². The van der Waals surface area contributed by atoms with Gasteiger partial charge in [0.15, 0.2) is 0 Å². The van der Waals surface area contributed by atoms with E-state index >= 15 is 0 Å². The zero-order valence-corrected chi connectivity index (χ0v) is 19.6. The lowest BCUT2D eigenvalue weighted by molar-refractivity contribution is 0.0698. The Hall–Kier alpha value is -3.63. The van der Waals surface area contributed by atoms with Crippen molar-refractivity contribution in [3.63, 3.8) is 0 Å². The van der Waals surface area contributed by atoms with Crippen molar-refractivity contribution < 1.29 is 27.9 Å². The lowest BCUT2D eigenvalue weighted by Crippen LogP contribution is -2.16. The quantitative estimate of drug-likeness (QED) is 0.378. The fourth-order valence-electron chi connectivity index (χ4n) is 3.32. The molecule has 4 aromatic rings. The standard InChI is InChI=1S/C23H17BrN2O6S/c1-32-17-5-9-21-15(12-17)10-11-26(21)33(30,31)18-6-2-14(3-7-18)22(27)25-20-8-4-16(24)13-19(20)23(28)29/h2-13H,1H3,(H,25,27)(H,28,29). The molecule has 4 rings (SSSR count). The highest BCUT2D eigenvalue weighted by Crippen LogP contribution is 2.26. The number of aromatic carboxylic acids is 1. The normalized spacial score (nSPS) is 11.3. The van der Waals surface area contributed by atoms with Crippen molar-refractivity contribution in [3.05, 3.63) is 88.5 Å². The minimum absolute atomic E-state index is 0.00207. The van der Waals surface area contributed by atoms with Crippen LogP contribution in [0.5, 0.6) is 5.75 Å². The van der Waals surface area contributed by atoms with E-state index in [1.807, 2.05) is 0 Å². The first-order valence-electron chi connectivity index (χ1n) is 9.55. The third-order valence-corrected chi connectivity index (χ3v) is 7.19. The van der Waals surface area contributed by atoms with Gasteiger partial charge in [0, 0.05) is 21.6 Å². The second-order valence-corrected chi connectivity index (χ2v) is 9.75. The molecule has 0 spiro atoms. The third-order valence-electron chi connectivity index (χ3n) is 5.00. The number of ether oxygens (including phenoxy) is 1. The Morgan fingerprint density at radius 1 is 1.00 bits per heavy atom. The van der Waals surface area contributed by atoms with Crippen molar-refractivity contribution in [2.75, 3.05) is 12.4 Å². The van der Waals surface area contributed by atoms with E-state index in [1.165, 1.54) is 49.7 Å². The third kappa shape index (κ3) is 4.35. The molecule has 0 atom stereocenters. The van der Waals surface area contributed by atoms with Crippen LogP contribution in [0.25, 0.3) is 10.9 Å². The largest absolute Gasteiger partial charge is 0.497 e. The van der Waals surface area contributed by atoms with Crippen LogP contribution < -0.4 is 10.1 Å². The van der Waals surface area contributed by atoms with Crippen LogP contribution in [0.1, 0.15) is 20.7 Å². The number of rotatable bonds is 6. The topological polar surface area (TPSA) is 115 Å². The first-order chi connectivity index (χ1) is 15.7. The Kier molecular flexibility index (Phi) is 5.96. The van der Waals surface area contributed by atoms with Gasteiger partial charge in [-0.3, -0.25) is 4.79 Å². The van der Waals surface area contributed by atoms with Gasteiger partial charge in [0.25, 0.3) is 15.9 Å². The van der Waals surface area contributed by atoms with Crippen LogP contribution in [0.15, 0.2) is 82.3 Å². The number of benzene rings is 3. The summed E-state index contributed by atoms with van der Waals surface area (Å²) in [7, 11) is -2.37. The van der Waals surface area contributed by atoms with Crippen molar-refractivity contribution in [2.24, 2.45) is 0 Å². The lowest BCUT2D eigenvalue weighted by atomic mass is 10.1. The number of amides is 1. The molecule has 0 aliphatic carbocycles. The Balaban J connectivity index is 1.61. The van der Waals surface area contributed by atoms with E-state index in [2.05, 4.69) is 21.2 Å². The summed E-state index contributed by atoms with van der Waals surface area (Å²) in [6.07, 6.45) is 1.46. The predicted molar refractivity (Wildman–Crippen MR) is 127 cm³/mol. The molecule has 0 saturated heterocycles. The number of carbonyl (C=O) groups excluding carboxylic acids is 1. The highest BCUT2D eigenvalue weighted by Gasteiger charge is 2.20. The molecule has 0 fully saturated rings. The number of hydrogen-bond donors (Lipinski definition) is 2. The van der Waals surface area contributed by atoms with Gasteiger partial charge in [-0.25, -0.2) is 17.2 Å². The number of halogens is 1. The van der Waals surface area contributed by atoms with Gasteiger partial charge in [-0.05, 0) is 66.7 Å². The van der Waals surface area contributed by atoms with Crippen LogP contribution in [-0.2, 0) is 10.0 Å². The van der Waals surface area contributed by atoms with Gasteiger partial charge in [0.1, 0.15) is 5.75 Å². The van der Waals surface area contributed by atoms with Crippen LogP contribution >= 0.6 is 15.9 Å². The summed E-state index contributed by atoms with van der Waals surface area (Å²) in [6, 6.07) is 16.6. The van der Waals surface area contributed by atoms with E-state index in [0.29, 0.717) is 21.1 Å². The summed E-state index contributed by atoms with van der Waals surface area (Å²) >= 11 is 3.20. The maximum Gasteiger partial charge on any atom is 0.337 e. The minimum Gasteiger partial charge on any atom is -0.497 e. The van der Waals surface area contributed by atoms with E-state index in [4.69, 9.17) is 4.74 Å². The number of nitrogens with one attached hydrogen (secondary N) is 1. The van der Waals surface area contributed by atoms with Crippen LogP contribution in [0, 0.1) is 0 Å². The fourth-order valence-corrected chi connectivity index (χ4v) is 5.03. The summed E-state index contributed by atoms with van der Waals surface area (Å²) in [5, 5.41) is 12.6. The zero-order chi connectivity index (χ0) is 23.8. The van der Waals surface area contributed by atoms with Crippen molar-refractivity contribution in [1.29, 1.82) is 0 Å². The summed E-state index contributed by atoms with van der Waals surface area (Å²) in [4.78, 5) is 24.1. The number of carboxylic acids is 1. The smallest absolute Gasteiger partial charge is 0.337 e. The van der Waals surface area contributed by atoms with Crippen molar-refractivity contribution in [3.8, 4) is 5.75 Å². The molecule has 0 unspecified atom stereocenters. The number of anilines is 1. The molecular weight excluding hydrogens is 512 g/mol. The number of carboxylic acid groups (broad SMARTS) is 1. The molecule has 1 heterocycles.